The van der Waals surface area contributed by atoms with Crippen LogP contribution in [0.5, 0.6) is 5.75 Å². The van der Waals surface area contributed by atoms with Gasteiger partial charge in [0, 0.05) is 16.5 Å². The summed E-state index contributed by atoms with van der Waals surface area (Å²) in [7, 11) is 0. The van der Waals surface area contributed by atoms with Gasteiger partial charge in [-0.2, -0.15) is 0 Å². The predicted octanol–water partition coefficient (Wildman–Crippen LogP) is 4.43. The van der Waals surface area contributed by atoms with Crippen molar-refractivity contribution in [3.05, 3.63) is 63.6 Å². The lowest BCUT2D eigenvalue weighted by atomic mass is 9.99. The Kier molecular flexibility index (Phi) is 5.21. The van der Waals surface area contributed by atoms with E-state index < -0.39 is 6.10 Å². The number of aliphatic hydroxyl groups is 1. The van der Waals surface area contributed by atoms with Crippen LogP contribution in [0.4, 0.5) is 0 Å². The molecule has 1 N–H and O–H groups in total. The lowest BCUT2D eigenvalue weighted by Crippen LogP contribution is -2.06. The summed E-state index contributed by atoms with van der Waals surface area (Å²) in [6, 6.07) is 13.9. The van der Waals surface area contributed by atoms with Crippen LogP contribution in [0.1, 0.15) is 29.7 Å². The van der Waals surface area contributed by atoms with Crippen molar-refractivity contribution in [1.82, 2.24) is 0 Å². The largest absolute Gasteiger partial charge is 0.493 e. The summed E-state index contributed by atoms with van der Waals surface area (Å²) in [5.41, 5.74) is 3.07. The van der Waals surface area contributed by atoms with Crippen molar-refractivity contribution in [2.24, 2.45) is 0 Å². The van der Waals surface area contributed by atoms with Crippen LogP contribution in [0.3, 0.4) is 0 Å². The Morgan fingerprint density at radius 1 is 1.20 bits per heavy atom. The minimum Gasteiger partial charge on any atom is -0.493 e. The van der Waals surface area contributed by atoms with Gasteiger partial charge in [-0.05, 0) is 43.7 Å². The number of ether oxygens (including phenoxy) is 1. The molecule has 0 heterocycles. The van der Waals surface area contributed by atoms with Crippen LogP contribution >= 0.6 is 15.9 Å². The van der Waals surface area contributed by atoms with Crippen molar-refractivity contribution in [3.8, 4) is 5.75 Å². The fourth-order valence-corrected chi connectivity index (χ4v) is 2.66. The molecule has 0 aliphatic carbocycles. The highest BCUT2D eigenvalue weighted by atomic mass is 79.9. The van der Waals surface area contributed by atoms with Gasteiger partial charge in [-0.1, -0.05) is 39.7 Å². The van der Waals surface area contributed by atoms with Gasteiger partial charge >= 0.3 is 0 Å². The van der Waals surface area contributed by atoms with E-state index in [1.54, 1.807) is 0 Å². The first kappa shape index (κ1) is 15.1. The molecule has 2 aromatic carbocycles. The number of benzene rings is 2. The van der Waals surface area contributed by atoms with Gasteiger partial charge in [0.2, 0.25) is 0 Å². The third-order valence-corrected chi connectivity index (χ3v) is 3.64. The molecule has 0 bridgehead atoms. The minimum absolute atomic E-state index is 0.564. The standard InChI is InChI=1S/C17H19BrO2/c1-3-20-17-8-7-12(2)9-15(17)16(19)11-13-5-4-6-14(18)10-13/h4-10,16,19H,3,11H2,1-2H3. The van der Waals surface area contributed by atoms with E-state index in [1.165, 1.54) is 0 Å². The molecule has 0 saturated carbocycles. The lowest BCUT2D eigenvalue weighted by Gasteiger charge is -2.16. The van der Waals surface area contributed by atoms with Gasteiger partial charge in [0.25, 0.3) is 0 Å². The Bertz CT molecular complexity index is 581. The molecule has 1 unspecified atom stereocenters. The lowest BCUT2D eigenvalue weighted by molar-refractivity contribution is 0.172. The first-order valence-electron chi connectivity index (χ1n) is 6.76. The number of hydrogen-bond acceptors (Lipinski definition) is 2. The summed E-state index contributed by atoms with van der Waals surface area (Å²) >= 11 is 3.45. The second kappa shape index (κ2) is 6.91. The number of hydrogen-bond donors (Lipinski definition) is 1. The van der Waals surface area contributed by atoms with E-state index in [0.29, 0.717) is 13.0 Å². The first-order valence-corrected chi connectivity index (χ1v) is 7.55. The van der Waals surface area contributed by atoms with Crippen molar-refractivity contribution in [3.63, 3.8) is 0 Å². The zero-order valence-corrected chi connectivity index (χ0v) is 13.4. The fraction of sp³-hybridized carbons (Fsp3) is 0.294. The van der Waals surface area contributed by atoms with E-state index in [2.05, 4.69) is 15.9 Å². The van der Waals surface area contributed by atoms with Crippen LogP contribution in [0.25, 0.3) is 0 Å². The van der Waals surface area contributed by atoms with Crippen LogP contribution in [0.15, 0.2) is 46.9 Å². The van der Waals surface area contributed by atoms with Gasteiger partial charge in [0.15, 0.2) is 0 Å². The number of rotatable bonds is 5. The van der Waals surface area contributed by atoms with E-state index >= 15 is 0 Å². The summed E-state index contributed by atoms with van der Waals surface area (Å²) in [5, 5.41) is 10.5. The minimum atomic E-state index is -0.564. The maximum absolute atomic E-state index is 10.5. The second-order valence-electron chi connectivity index (χ2n) is 4.82. The quantitative estimate of drug-likeness (QED) is 0.876. The third-order valence-electron chi connectivity index (χ3n) is 3.14. The molecule has 2 rings (SSSR count). The molecule has 0 saturated heterocycles. The van der Waals surface area contributed by atoms with Gasteiger partial charge in [-0.3, -0.25) is 0 Å². The molecule has 0 spiro atoms. The molecule has 0 amide bonds. The van der Waals surface area contributed by atoms with Crippen LogP contribution in [0.2, 0.25) is 0 Å². The highest BCUT2D eigenvalue weighted by molar-refractivity contribution is 9.10. The van der Waals surface area contributed by atoms with Crippen LogP contribution in [-0.4, -0.2) is 11.7 Å². The van der Waals surface area contributed by atoms with Crippen molar-refractivity contribution >= 4 is 15.9 Å². The Morgan fingerprint density at radius 3 is 2.70 bits per heavy atom. The Morgan fingerprint density at radius 2 is 2.00 bits per heavy atom. The summed E-state index contributed by atoms with van der Waals surface area (Å²) < 4.78 is 6.63. The Hall–Kier alpha value is -1.32. The van der Waals surface area contributed by atoms with Gasteiger partial charge in [0.1, 0.15) is 5.75 Å². The van der Waals surface area contributed by atoms with Crippen molar-refractivity contribution in [2.45, 2.75) is 26.4 Å². The SMILES string of the molecule is CCOc1ccc(C)cc1C(O)Cc1cccc(Br)c1. The van der Waals surface area contributed by atoms with Gasteiger partial charge in [-0.25, -0.2) is 0 Å². The highest BCUT2D eigenvalue weighted by Crippen LogP contribution is 2.29. The molecule has 20 heavy (non-hydrogen) atoms. The third kappa shape index (κ3) is 3.84. The topological polar surface area (TPSA) is 29.5 Å². The van der Waals surface area contributed by atoms with E-state index in [4.69, 9.17) is 4.74 Å². The normalized spacial score (nSPS) is 12.2. The van der Waals surface area contributed by atoms with Crippen LogP contribution in [-0.2, 0) is 6.42 Å². The molecule has 0 aliphatic heterocycles. The maximum Gasteiger partial charge on any atom is 0.125 e. The second-order valence-corrected chi connectivity index (χ2v) is 5.74. The van der Waals surface area contributed by atoms with Gasteiger partial charge in [-0.15, -0.1) is 0 Å². The monoisotopic (exact) mass is 334 g/mol. The molecule has 0 aliphatic rings. The van der Waals surface area contributed by atoms with Gasteiger partial charge < -0.3 is 9.84 Å². The zero-order chi connectivity index (χ0) is 14.5. The Labute approximate surface area is 128 Å². The maximum atomic E-state index is 10.5. The average molecular weight is 335 g/mol. The van der Waals surface area contributed by atoms with E-state index in [1.807, 2.05) is 56.3 Å². The van der Waals surface area contributed by atoms with Crippen molar-refractivity contribution in [1.29, 1.82) is 0 Å². The molecule has 2 aromatic rings. The highest BCUT2D eigenvalue weighted by Gasteiger charge is 2.14. The summed E-state index contributed by atoms with van der Waals surface area (Å²) in [5.74, 6) is 0.764. The van der Waals surface area contributed by atoms with Crippen LogP contribution < -0.4 is 4.74 Å². The average Bonchev–Trinajstić information content (AvgIpc) is 2.41. The van der Waals surface area contributed by atoms with Crippen molar-refractivity contribution in [2.75, 3.05) is 6.61 Å². The van der Waals surface area contributed by atoms with Gasteiger partial charge in [0.05, 0.1) is 12.7 Å². The molecule has 0 fully saturated rings. The smallest absolute Gasteiger partial charge is 0.125 e. The van der Waals surface area contributed by atoms with E-state index in [-0.39, 0.29) is 0 Å². The molecular formula is C17H19BrO2. The molecule has 1 atom stereocenters. The summed E-state index contributed by atoms with van der Waals surface area (Å²) in [4.78, 5) is 0. The van der Waals surface area contributed by atoms with E-state index in [0.717, 1.165) is 26.9 Å². The molecule has 0 radical (unpaired) electrons. The Balaban J connectivity index is 2.23. The first-order chi connectivity index (χ1) is 9.60. The molecule has 3 heteroatoms. The fourth-order valence-electron chi connectivity index (χ4n) is 2.21. The zero-order valence-electron chi connectivity index (χ0n) is 11.8. The molecule has 106 valence electrons. The molecule has 0 aromatic heterocycles. The summed E-state index contributed by atoms with van der Waals surface area (Å²) in [6.07, 6.45) is 0.00827. The number of aliphatic hydroxyl groups excluding tert-OH is 1. The number of aryl methyl sites for hydroxylation is 1. The summed E-state index contributed by atoms with van der Waals surface area (Å²) in [6.45, 7) is 4.56. The van der Waals surface area contributed by atoms with Crippen LogP contribution in [0, 0.1) is 6.92 Å². The predicted molar refractivity (Wildman–Crippen MR) is 85.2 cm³/mol. The molecule has 2 nitrogen and oxygen atoms in total. The van der Waals surface area contributed by atoms with Crippen molar-refractivity contribution < 1.29 is 9.84 Å². The van der Waals surface area contributed by atoms with E-state index in [9.17, 15) is 5.11 Å². The number of halogens is 1. The molecular weight excluding hydrogens is 316 g/mol.